The van der Waals surface area contributed by atoms with Gasteiger partial charge in [-0.25, -0.2) is 0 Å². The molecule has 1 amide bonds. The summed E-state index contributed by atoms with van der Waals surface area (Å²) in [6, 6.07) is 14.1. The minimum absolute atomic E-state index is 0.00439. The zero-order chi connectivity index (χ0) is 25.3. The Morgan fingerprint density at radius 3 is 2.49 bits per heavy atom. The van der Waals surface area contributed by atoms with Crippen LogP contribution in [0.3, 0.4) is 0 Å². The van der Waals surface area contributed by atoms with Gasteiger partial charge in [0.25, 0.3) is 5.91 Å². The second-order valence-electron chi connectivity index (χ2n) is 8.15. The lowest BCUT2D eigenvalue weighted by Crippen LogP contribution is -2.14. The third kappa shape index (κ3) is 5.36. The molecule has 0 aliphatic carbocycles. The quantitative estimate of drug-likeness (QED) is 0.257. The number of rotatable bonds is 7. The van der Waals surface area contributed by atoms with E-state index in [-0.39, 0.29) is 11.6 Å². The highest BCUT2D eigenvalue weighted by Gasteiger charge is 2.22. The first-order valence-corrected chi connectivity index (χ1v) is 11.4. The van der Waals surface area contributed by atoms with Gasteiger partial charge in [-0.3, -0.25) is 24.3 Å². The fraction of sp³-hybridized carbons (Fsp3) is 0.208. The summed E-state index contributed by atoms with van der Waals surface area (Å²) < 4.78 is 3.31. The molecular formula is C24H22Cl2N6O3. The van der Waals surface area contributed by atoms with E-state index in [0.29, 0.717) is 45.9 Å². The molecule has 0 unspecified atom stereocenters. The maximum atomic E-state index is 12.9. The Balaban J connectivity index is 1.48. The van der Waals surface area contributed by atoms with Gasteiger partial charge in [-0.15, -0.1) is 0 Å². The lowest BCUT2D eigenvalue weighted by molar-refractivity contribution is -0.386. The highest BCUT2D eigenvalue weighted by atomic mass is 35.5. The number of amides is 1. The van der Waals surface area contributed by atoms with Crippen molar-refractivity contribution in [1.82, 2.24) is 19.6 Å². The Hall–Kier alpha value is -3.69. The molecule has 2 aromatic carbocycles. The van der Waals surface area contributed by atoms with Crippen LogP contribution in [0.4, 0.5) is 11.5 Å². The minimum Gasteiger partial charge on any atom is -0.305 e. The monoisotopic (exact) mass is 512 g/mol. The number of anilines is 1. The minimum atomic E-state index is -0.431. The molecule has 0 aliphatic heterocycles. The molecule has 2 aromatic heterocycles. The summed E-state index contributed by atoms with van der Waals surface area (Å²) in [5.74, 6) is 0.0949. The highest BCUT2D eigenvalue weighted by Crippen LogP contribution is 2.24. The van der Waals surface area contributed by atoms with Crippen LogP contribution < -0.4 is 5.32 Å². The third-order valence-electron chi connectivity index (χ3n) is 5.61. The van der Waals surface area contributed by atoms with Gasteiger partial charge in [0.1, 0.15) is 11.4 Å². The second kappa shape index (κ2) is 9.89. The van der Waals surface area contributed by atoms with Gasteiger partial charge in [-0.05, 0) is 56.2 Å². The molecule has 0 aliphatic rings. The first-order valence-electron chi connectivity index (χ1n) is 10.7. The summed E-state index contributed by atoms with van der Waals surface area (Å²) in [4.78, 5) is 23.7. The van der Waals surface area contributed by atoms with Gasteiger partial charge in [0.2, 0.25) is 0 Å². The molecular weight excluding hydrogens is 491 g/mol. The van der Waals surface area contributed by atoms with E-state index >= 15 is 0 Å². The second-order valence-corrected chi connectivity index (χ2v) is 9.00. The summed E-state index contributed by atoms with van der Waals surface area (Å²) in [6.45, 7) is 5.89. The van der Waals surface area contributed by atoms with Crippen molar-refractivity contribution in [3.8, 4) is 0 Å². The Labute approximate surface area is 211 Å². The maximum absolute atomic E-state index is 12.9. The van der Waals surface area contributed by atoms with Gasteiger partial charge in [0, 0.05) is 27.4 Å². The van der Waals surface area contributed by atoms with Crippen molar-refractivity contribution < 1.29 is 9.72 Å². The zero-order valence-electron chi connectivity index (χ0n) is 19.2. The van der Waals surface area contributed by atoms with Crippen LogP contribution in [0.1, 0.15) is 38.6 Å². The molecule has 180 valence electrons. The van der Waals surface area contributed by atoms with Crippen LogP contribution in [0.2, 0.25) is 10.0 Å². The summed E-state index contributed by atoms with van der Waals surface area (Å²) in [5.41, 5.74) is 3.76. The highest BCUT2D eigenvalue weighted by molar-refractivity contribution is 6.35. The van der Waals surface area contributed by atoms with Crippen molar-refractivity contribution in [2.45, 2.75) is 33.9 Å². The summed E-state index contributed by atoms with van der Waals surface area (Å²) in [6.07, 6.45) is 0. The van der Waals surface area contributed by atoms with E-state index < -0.39 is 4.92 Å². The Morgan fingerprint density at radius 2 is 1.80 bits per heavy atom. The first-order chi connectivity index (χ1) is 16.6. The number of carbonyl (C=O) groups excluding carboxylic acids is 1. The van der Waals surface area contributed by atoms with Crippen molar-refractivity contribution >= 4 is 40.6 Å². The molecule has 2 heterocycles. The molecule has 0 fully saturated rings. The number of nitrogens with one attached hydrogen (secondary N) is 1. The zero-order valence-corrected chi connectivity index (χ0v) is 20.8. The predicted molar refractivity (Wildman–Crippen MR) is 134 cm³/mol. The largest absolute Gasteiger partial charge is 0.312 e. The van der Waals surface area contributed by atoms with Crippen molar-refractivity contribution in [2.24, 2.45) is 0 Å². The van der Waals surface area contributed by atoms with Crippen molar-refractivity contribution in [2.75, 3.05) is 5.32 Å². The van der Waals surface area contributed by atoms with Crippen molar-refractivity contribution in [3.05, 3.63) is 102 Å². The van der Waals surface area contributed by atoms with Crippen LogP contribution in [0, 0.1) is 30.9 Å². The Morgan fingerprint density at radius 1 is 1.03 bits per heavy atom. The van der Waals surface area contributed by atoms with Crippen LogP contribution in [0.15, 0.2) is 48.5 Å². The Bertz CT molecular complexity index is 1440. The lowest BCUT2D eigenvalue weighted by atomic mass is 10.1. The topological polar surface area (TPSA) is 108 Å². The van der Waals surface area contributed by atoms with Gasteiger partial charge in [-0.2, -0.15) is 10.2 Å². The van der Waals surface area contributed by atoms with E-state index in [2.05, 4.69) is 15.5 Å². The maximum Gasteiger partial charge on any atom is 0.312 e. The van der Waals surface area contributed by atoms with E-state index in [1.54, 1.807) is 59.6 Å². The molecule has 11 heteroatoms. The smallest absolute Gasteiger partial charge is 0.305 e. The van der Waals surface area contributed by atoms with Crippen LogP contribution in [0.25, 0.3) is 0 Å². The van der Waals surface area contributed by atoms with Crippen LogP contribution >= 0.6 is 23.2 Å². The van der Waals surface area contributed by atoms with E-state index in [1.807, 2.05) is 19.1 Å². The van der Waals surface area contributed by atoms with Gasteiger partial charge in [-0.1, -0.05) is 41.4 Å². The van der Waals surface area contributed by atoms with Gasteiger partial charge >= 0.3 is 5.69 Å². The molecule has 4 aromatic rings. The number of hydrogen-bond donors (Lipinski definition) is 1. The van der Waals surface area contributed by atoms with Gasteiger partial charge in [0.15, 0.2) is 5.82 Å². The van der Waals surface area contributed by atoms with Crippen molar-refractivity contribution in [3.63, 3.8) is 0 Å². The van der Waals surface area contributed by atoms with Crippen LogP contribution in [0.5, 0.6) is 0 Å². The van der Waals surface area contributed by atoms with Crippen LogP contribution in [-0.2, 0) is 13.1 Å². The molecule has 1 N–H and O–H groups in total. The molecule has 0 saturated heterocycles. The fourth-order valence-electron chi connectivity index (χ4n) is 3.82. The summed E-state index contributed by atoms with van der Waals surface area (Å²) in [7, 11) is 0. The van der Waals surface area contributed by atoms with Gasteiger partial charge in [0.05, 0.1) is 18.0 Å². The molecule has 0 spiro atoms. The SMILES string of the molecule is Cc1nn(Cc2cccc(C(=O)Nc3cc(C)n(Cc4ccc(Cl)cc4Cl)n3)c2)c(C)c1[N+](=O)[O-]. The first kappa shape index (κ1) is 24.4. The molecule has 0 atom stereocenters. The third-order valence-corrected chi connectivity index (χ3v) is 6.19. The Kier molecular flexibility index (Phi) is 6.90. The van der Waals surface area contributed by atoms with E-state index in [4.69, 9.17) is 23.2 Å². The van der Waals surface area contributed by atoms with E-state index in [9.17, 15) is 14.9 Å². The van der Waals surface area contributed by atoms with Crippen molar-refractivity contribution in [1.29, 1.82) is 0 Å². The standard InChI is InChI=1S/C24H22Cl2N6O3/c1-14-9-22(29-30(14)13-19-7-8-20(25)11-21(19)26)27-24(33)18-6-4-5-17(10-18)12-31-16(3)23(32(34)35)15(2)28-31/h4-11H,12-13H2,1-3H3,(H,27,29,33). The number of nitro groups is 1. The summed E-state index contributed by atoms with van der Waals surface area (Å²) >= 11 is 12.2. The molecule has 0 bridgehead atoms. The average Bonchev–Trinajstić information content (AvgIpc) is 3.27. The van der Waals surface area contributed by atoms with Crippen LogP contribution in [-0.4, -0.2) is 30.4 Å². The number of nitrogens with zero attached hydrogens (tertiary/aromatic N) is 5. The predicted octanol–water partition coefficient (Wildman–Crippen LogP) is 5.57. The van der Waals surface area contributed by atoms with Gasteiger partial charge < -0.3 is 5.32 Å². The van der Waals surface area contributed by atoms with E-state index in [1.165, 1.54) is 0 Å². The van der Waals surface area contributed by atoms with E-state index in [0.717, 1.165) is 16.8 Å². The number of aryl methyl sites for hydroxylation is 2. The number of aromatic nitrogens is 4. The fourth-order valence-corrected chi connectivity index (χ4v) is 4.29. The molecule has 35 heavy (non-hydrogen) atoms. The molecule has 4 rings (SSSR count). The molecule has 9 nitrogen and oxygen atoms in total. The summed E-state index contributed by atoms with van der Waals surface area (Å²) in [5, 5.41) is 23.9. The number of carbonyl (C=O) groups is 1. The lowest BCUT2D eigenvalue weighted by Gasteiger charge is -2.08. The number of halogens is 2. The normalized spacial score (nSPS) is 11.0. The number of hydrogen-bond acceptors (Lipinski definition) is 5. The number of benzene rings is 2. The molecule has 0 saturated carbocycles. The average molecular weight is 513 g/mol. The molecule has 0 radical (unpaired) electrons.